The van der Waals surface area contributed by atoms with Gasteiger partial charge < -0.3 is 14.8 Å². The van der Waals surface area contributed by atoms with Gasteiger partial charge in [-0.15, -0.1) is 0 Å². The van der Waals surface area contributed by atoms with Crippen LogP contribution in [0.2, 0.25) is 0 Å². The smallest absolute Gasteiger partial charge is 0.408 e. The number of aryl methyl sites for hydroxylation is 2. The summed E-state index contributed by atoms with van der Waals surface area (Å²) in [4.78, 5) is 16.6. The van der Waals surface area contributed by atoms with Crippen LogP contribution < -0.4 is 10.1 Å². The van der Waals surface area contributed by atoms with Crippen LogP contribution in [-0.4, -0.2) is 23.8 Å². The van der Waals surface area contributed by atoms with Crippen LogP contribution in [0.4, 0.5) is 4.79 Å². The summed E-state index contributed by atoms with van der Waals surface area (Å²) in [6.45, 7) is 7.50. The molecule has 5 nitrogen and oxygen atoms in total. The fraction of sp³-hybridized carbons (Fsp3) is 0.625. The van der Waals surface area contributed by atoms with Crippen molar-refractivity contribution in [1.29, 1.82) is 0 Å². The second-order valence-corrected chi connectivity index (χ2v) is 6.40. The first kappa shape index (κ1) is 15.6. The molecule has 0 aromatic carbocycles. The maximum absolute atomic E-state index is 12.0. The van der Waals surface area contributed by atoms with Gasteiger partial charge in [-0.05, 0) is 58.6 Å². The van der Waals surface area contributed by atoms with Gasteiger partial charge in [-0.2, -0.15) is 0 Å². The summed E-state index contributed by atoms with van der Waals surface area (Å²) in [5, 5.41) is 2.95. The Bertz CT molecular complexity index is 535. The van der Waals surface area contributed by atoms with E-state index < -0.39 is 5.60 Å². The van der Waals surface area contributed by atoms with Crippen molar-refractivity contribution in [2.24, 2.45) is 0 Å². The molecule has 0 aliphatic heterocycles. The van der Waals surface area contributed by atoms with Crippen molar-refractivity contribution in [3.05, 3.63) is 23.0 Å². The van der Waals surface area contributed by atoms with E-state index in [9.17, 15) is 4.79 Å². The highest BCUT2D eigenvalue weighted by Gasteiger charge is 2.26. The summed E-state index contributed by atoms with van der Waals surface area (Å²) in [7, 11) is 1.63. The molecule has 116 valence electrons. The highest BCUT2D eigenvalue weighted by Crippen LogP contribution is 2.32. The molecule has 0 radical (unpaired) electrons. The lowest BCUT2D eigenvalue weighted by atomic mass is 9.91. The van der Waals surface area contributed by atoms with E-state index in [-0.39, 0.29) is 12.1 Å². The maximum atomic E-state index is 12.0. The zero-order valence-electron chi connectivity index (χ0n) is 13.4. The zero-order valence-corrected chi connectivity index (χ0v) is 13.4. The number of alkyl carbamates (subject to hydrolysis) is 1. The summed E-state index contributed by atoms with van der Waals surface area (Å²) >= 11 is 0. The second kappa shape index (κ2) is 5.92. The predicted octanol–water partition coefficient (Wildman–Crippen LogP) is 3.30. The van der Waals surface area contributed by atoms with E-state index in [1.807, 2.05) is 33.8 Å². The largest absolute Gasteiger partial charge is 0.495 e. The Labute approximate surface area is 126 Å². The molecule has 2 rings (SSSR count). The Morgan fingerprint density at radius 2 is 2.14 bits per heavy atom. The van der Waals surface area contributed by atoms with Crippen molar-refractivity contribution >= 4 is 6.09 Å². The first-order valence-corrected chi connectivity index (χ1v) is 7.34. The summed E-state index contributed by atoms with van der Waals surface area (Å²) in [6.07, 6.45) is 2.44. The van der Waals surface area contributed by atoms with Crippen molar-refractivity contribution < 1.29 is 14.3 Å². The van der Waals surface area contributed by atoms with E-state index in [0.717, 1.165) is 42.0 Å². The summed E-state index contributed by atoms with van der Waals surface area (Å²) in [5.74, 6) is 0.756. The SMILES string of the molecule is COc1cc2c(nc1C)CCCC2NC(=O)OC(C)(C)C. The minimum Gasteiger partial charge on any atom is -0.495 e. The molecule has 1 amide bonds. The number of hydrogen-bond donors (Lipinski definition) is 1. The molecule has 5 heteroatoms. The van der Waals surface area contributed by atoms with Crippen LogP contribution in [0, 0.1) is 6.92 Å². The Morgan fingerprint density at radius 3 is 2.76 bits per heavy atom. The lowest BCUT2D eigenvalue weighted by molar-refractivity contribution is 0.0498. The molecule has 1 aliphatic rings. The van der Waals surface area contributed by atoms with Crippen LogP contribution in [-0.2, 0) is 11.2 Å². The van der Waals surface area contributed by atoms with Gasteiger partial charge in [0.05, 0.1) is 18.8 Å². The van der Waals surface area contributed by atoms with Crippen molar-refractivity contribution in [3.63, 3.8) is 0 Å². The summed E-state index contributed by atoms with van der Waals surface area (Å²) < 4.78 is 10.7. The number of rotatable bonds is 2. The topological polar surface area (TPSA) is 60.5 Å². The van der Waals surface area contributed by atoms with Crippen molar-refractivity contribution in [2.75, 3.05) is 7.11 Å². The molecule has 1 unspecified atom stereocenters. The third kappa shape index (κ3) is 3.86. The first-order valence-electron chi connectivity index (χ1n) is 7.34. The number of methoxy groups -OCH3 is 1. The van der Waals surface area contributed by atoms with Gasteiger partial charge in [0.25, 0.3) is 0 Å². The third-order valence-electron chi connectivity index (χ3n) is 3.47. The lowest BCUT2D eigenvalue weighted by Crippen LogP contribution is -2.36. The third-order valence-corrected chi connectivity index (χ3v) is 3.47. The summed E-state index contributed by atoms with van der Waals surface area (Å²) in [6, 6.07) is 1.92. The molecule has 0 bridgehead atoms. The van der Waals surface area contributed by atoms with E-state index in [0.29, 0.717) is 0 Å². The van der Waals surface area contributed by atoms with Gasteiger partial charge in [0, 0.05) is 5.69 Å². The molecule has 1 atom stereocenters. The van der Waals surface area contributed by atoms with Crippen molar-refractivity contribution in [2.45, 2.75) is 58.6 Å². The molecule has 1 aliphatic carbocycles. The van der Waals surface area contributed by atoms with Crippen molar-refractivity contribution in [1.82, 2.24) is 10.3 Å². The molecule has 1 aromatic rings. The van der Waals surface area contributed by atoms with E-state index in [4.69, 9.17) is 9.47 Å². The van der Waals surface area contributed by atoms with Crippen LogP contribution in [0.25, 0.3) is 0 Å². The Balaban J connectivity index is 2.19. The van der Waals surface area contributed by atoms with Gasteiger partial charge in [-0.3, -0.25) is 4.98 Å². The number of amides is 1. The van der Waals surface area contributed by atoms with Gasteiger partial charge >= 0.3 is 6.09 Å². The van der Waals surface area contributed by atoms with Gasteiger partial charge in [-0.25, -0.2) is 4.79 Å². The van der Waals surface area contributed by atoms with Crippen LogP contribution in [0.5, 0.6) is 5.75 Å². The molecule has 1 aromatic heterocycles. The number of ether oxygens (including phenoxy) is 2. The first-order chi connectivity index (χ1) is 9.80. The fourth-order valence-electron chi connectivity index (χ4n) is 2.59. The molecule has 0 fully saturated rings. The number of pyridine rings is 1. The normalized spacial score (nSPS) is 17.9. The van der Waals surface area contributed by atoms with E-state index in [1.54, 1.807) is 7.11 Å². The molecule has 0 spiro atoms. The number of fused-ring (bicyclic) bond motifs is 1. The molecule has 1 N–H and O–H groups in total. The van der Waals surface area contributed by atoms with E-state index >= 15 is 0 Å². The van der Waals surface area contributed by atoms with Gasteiger partial charge in [0.2, 0.25) is 0 Å². The van der Waals surface area contributed by atoms with Gasteiger partial charge in [0.1, 0.15) is 11.4 Å². The number of hydrogen-bond acceptors (Lipinski definition) is 4. The average Bonchev–Trinajstić information content (AvgIpc) is 2.36. The number of carbonyl (C=O) groups excluding carboxylic acids is 1. The highest BCUT2D eigenvalue weighted by atomic mass is 16.6. The fourth-order valence-corrected chi connectivity index (χ4v) is 2.59. The van der Waals surface area contributed by atoms with Crippen LogP contribution in [0.3, 0.4) is 0 Å². The van der Waals surface area contributed by atoms with Gasteiger partial charge in [-0.1, -0.05) is 0 Å². The molecule has 21 heavy (non-hydrogen) atoms. The Hall–Kier alpha value is -1.78. The minimum absolute atomic E-state index is 0.0643. The number of nitrogens with zero attached hydrogens (tertiary/aromatic N) is 1. The predicted molar refractivity (Wildman–Crippen MR) is 80.6 cm³/mol. The highest BCUT2D eigenvalue weighted by molar-refractivity contribution is 5.68. The number of aromatic nitrogens is 1. The van der Waals surface area contributed by atoms with Gasteiger partial charge in [0.15, 0.2) is 0 Å². The monoisotopic (exact) mass is 292 g/mol. The van der Waals surface area contributed by atoms with E-state index in [2.05, 4.69) is 10.3 Å². The van der Waals surface area contributed by atoms with Crippen LogP contribution >= 0.6 is 0 Å². The number of nitrogens with one attached hydrogen (secondary N) is 1. The lowest BCUT2D eigenvalue weighted by Gasteiger charge is -2.28. The molecular formula is C16H24N2O3. The van der Waals surface area contributed by atoms with Crippen molar-refractivity contribution in [3.8, 4) is 5.75 Å². The number of carbonyl (C=O) groups is 1. The quantitative estimate of drug-likeness (QED) is 0.908. The molecule has 0 saturated heterocycles. The molecule has 1 heterocycles. The van der Waals surface area contributed by atoms with E-state index in [1.165, 1.54) is 0 Å². The minimum atomic E-state index is -0.495. The Kier molecular flexibility index (Phi) is 4.40. The van der Waals surface area contributed by atoms with Crippen LogP contribution in [0.1, 0.15) is 56.6 Å². The standard InChI is InChI=1S/C16H24N2O3/c1-10-14(20-5)9-11-12(17-10)7-6-8-13(11)18-15(19)21-16(2,3)4/h9,13H,6-8H2,1-5H3,(H,18,19). The molecule has 0 saturated carbocycles. The average molecular weight is 292 g/mol. The summed E-state index contributed by atoms with van der Waals surface area (Å²) in [5.41, 5.74) is 2.47. The van der Waals surface area contributed by atoms with Crippen LogP contribution in [0.15, 0.2) is 6.07 Å². The molecular weight excluding hydrogens is 268 g/mol. The zero-order chi connectivity index (χ0) is 15.6. The second-order valence-electron chi connectivity index (χ2n) is 6.40. The Morgan fingerprint density at radius 1 is 1.43 bits per heavy atom. The maximum Gasteiger partial charge on any atom is 0.408 e.